The molecule has 0 atom stereocenters. The maximum absolute atomic E-state index is 12.7. The third-order valence-corrected chi connectivity index (χ3v) is 5.89. The first-order chi connectivity index (χ1) is 17.2. The van der Waals surface area contributed by atoms with Gasteiger partial charge in [-0.1, -0.05) is 6.08 Å². The number of carbonyl (C=O) groups excluding carboxylic acids is 3. The van der Waals surface area contributed by atoms with Crippen molar-refractivity contribution in [2.45, 2.75) is 20.4 Å². The summed E-state index contributed by atoms with van der Waals surface area (Å²) in [6, 6.07) is 0. The van der Waals surface area contributed by atoms with E-state index < -0.39 is 73.9 Å². The number of carbonyl (C=O) groups is 3. The molecular weight excluding hydrogens is 586 g/mol. The molecule has 20 heteroatoms. The molecule has 0 aliphatic carbocycles. The first-order valence-corrected chi connectivity index (χ1v) is 13.7. The van der Waals surface area contributed by atoms with Gasteiger partial charge >= 0.3 is 71.1 Å². The average molecular weight is 609 g/mol. The Morgan fingerprint density at radius 1 is 0.949 bits per heavy atom. The van der Waals surface area contributed by atoms with Crippen molar-refractivity contribution in [3.8, 4) is 0 Å². The summed E-state index contributed by atoms with van der Waals surface area (Å²) < 4.78 is 75.9. The van der Waals surface area contributed by atoms with E-state index in [1.165, 1.54) is 13.8 Å². The van der Waals surface area contributed by atoms with E-state index in [9.17, 15) is 45.1 Å². The van der Waals surface area contributed by atoms with Crippen molar-refractivity contribution < 1.29 is 109 Å². The quantitative estimate of drug-likeness (QED) is 0.101. The number of nitrogens with one attached hydrogen (secondary N) is 1. The van der Waals surface area contributed by atoms with Crippen LogP contribution in [0.4, 0.5) is 0 Å². The van der Waals surface area contributed by atoms with Crippen LogP contribution in [0.5, 0.6) is 0 Å². The Bertz CT molecular complexity index is 1440. The smallest absolute Gasteiger partial charge is 0.748 e. The Kier molecular flexibility index (Phi) is 15.3. The van der Waals surface area contributed by atoms with Crippen molar-refractivity contribution in [3.63, 3.8) is 0 Å². The van der Waals surface area contributed by atoms with Gasteiger partial charge in [-0.25, -0.2) is 31.4 Å². The molecule has 1 aromatic heterocycles. The van der Waals surface area contributed by atoms with Gasteiger partial charge in [0.05, 0.1) is 69.2 Å². The third-order valence-electron chi connectivity index (χ3n) is 4.52. The summed E-state index contributed by atoms with van der Waals surface area (Å²) in [7, 11) is -9.37. The van der Waals surface area contributed by atoms with E-state index in [1.807, 2.05) is 0 Å². The second-order valence-corrected chi connectivity index (χ2v) is 10.2. The first kappa shape index (κ1) is 37.4. The van der Waals surface area contributed by atoms with Crippen LogP contribution in [0.25, 0.3) is 6.08 Å². The summed E-state index contributed by atoms with van der Waals surface area (Å²) >= 11 is 0. The maximum atomic E-state index is 12.7. The molecule has 0 spiro atoms. The molecule has 2 rings (SSSR count). The summed E-state index contributed by atoms with van der Waals surface area (Å²) in [5.41, 5.74) is -2.42. The van der Waals surface area contributed by atoms with Crippen molar-refractivity contribution in [2.24, 2.45) is 5.10 Å². The van der Waals surface area contributed by atoms with E-state index in [4.69, 9.17) is 9.47 Å². The molecule has 0 aromatic carbocycles. The molecule has 1 amide bonds. The number of allylic oxidation sites excluding steroid dienone is 2. The van der Waals surface area contributed by atoms with Crippen molar-refractivity contribution in [2.75, 3.05) is 31.3 Å². The molecule has 0 bridgehead atoms. The predicted octanol–water partition coefficient (Wildman–Crippen LogP) is -7.85. The summed E-state index contributed by atoms with van der Waals surface area (Å²) in [5, 5.41) is 6.69. The molecule has 16 nitrogen and oxygen atoms in total. The normalized spacial score (nSPS) is 14.7. The Morgan fingerprint density at radius 2 is 1.49 bits per heavy atom. The molecule has 2 heterocycles. The summed E-state index contributed by atoms with van der Waals surface area (Å²) in [6.45, 7) is 1.65. The number of aromatic amines is 1. The van der Waals surface area contributed by atoms with Gasteiger partial charge in [0.15, 0.2) is 11.4 Å². The standard InChI is InChI=1S/C19H24N4O12S2.2Na/c1-3-34-18(26)14-12(16(24)22(20-14)8-10-36(28,29)30)6-5-7-13-15(19(27)35-4-2)21-23(17(13)25)9-11-37(31,32)33;;/h5-7,20H,3-4,8-11H2,1-2H3,(H,28,29,30)(H,31,32,33);;/q;2*+1/p-2. The molecule has 1 N–H and O–H groups in total. The molecule has 0 fully saturated rings. The number of aromatic nitrogens is 2. The SMILES string of the molecule is CCOC(=O)C1=NN(CCS(=O)(=O)[O-])C(=O)C1=CC=Cc1c(C(=O)OCC)[nH]n(CCS(=O)(=O)[O-])c1=O.[Na+].[Na+]. The van der Waals surface area contributed by atoms with Crippen LogP contribution in [0.15, 0.2) is 27.6 Å². The van der Waals surface area contributed by atoms with Crippen molar-refractivity contribution >= 4 is 49.9 Å². The summed E-state index contributed by atoms with van der Waals surface area (Å²) in [6.07, 6.45) is 3.19. The number of rotatable bonds is 12. The van der Waals surface area contributed by atoms with Gasteiger partial charge < -0.3 is 18.6 Å². The molecule has 39 heavy (non-hydrogen) atoms. The van der Waals surface area contributed by atoms with Gasteiger partial charge in [-0.3, -0.25) is 19.4 Å². The summed E-state index contributed by atoms with van der Waals surface area (Å²) in [4.78, 5) is 49.9. The zero-order valence-corrected chi connectivity index (χ0v) is 27.2. The van der Waals surface area contributed by atoms with E-state index in [1.54, 1.807) is 0 Å². The van der Waals surface area contributed by atoms with E-state index in [-0.39, 0.29) is 89.2 Å². The Hall–Kier alpha value is -1.61. The minimum atomic E-state index is -4.69. The van der Waals surface area contributed by atoms with Crippen molar-refractivity contribution in [3.05, 3.63) is 39.3 Å². The van der Waals surface area contributed by atoms with Gasteiger partial charge in [0.25, 0.3) is 11.5 Å². The Balaban J connectivity index is 0.00000722. The number of nitrogens with zero attached hydrogens (tertiary/aromatic N) is 3. The van der Waals surface area contributed by atoms with Crippen LogP contribution < -0.4 is 64.7 Å². The van der Waals surface area contributed by atoms with Crippen LogP contribution in [0.1, 0.15) is 29.9 Å². The average Bonchev–Trinajstić information content (AvgIpc) is 3.27. The van der Waals surface area contributed by atoms with Gasteiger partial charge in [0.2, 0.25) is 0 Å². The predicted molar refractivity (Wildman–Crippen MR) is 123 cm³/mol. The van der Waals surface area contributed by atoms with Gasteiger partial charge in [0, 0.05) is 0 Å². The maximum Gasteiger partial charge on any atom is 1.00 e. The van der Waals surface area contributed by atoms with E-state index in [2.05, 4.69) is 10.2 Å². The Labute approximate surface area is 267 Å². The number of hydrazone groups is 1. The van der Waals surface area contributed by atoms with Crippen molar-refractivity contribution in [1.82, 2.24) is 14.8 Å². The number of esters is 2. The number of aryl methyl sites for hydroxylation is 1. The molecule has 1 aromatic rings. The number of amides is 1. The second-order valence-electron chi connectivity index (χ2n) is 7.14. The van der Waals surface area contributed by atoms with Gasteiger partial charge in [-0.05, 0) is 26.0 Å². The van der Waals surface area contributed by atoms with Crippen LogP contribution in [-0.2, 0) is 45.8 Å². The number of ether oxygens (including phenoxy) is 2. The Morgan fingerprint density at radius 3 is 2.03 bits per heavy atom. The molecular formula is C19H22N4Na2O12S2. The fraction of sp³-hybridized carbons (Fsp3) is 0.421. The van der Waals surface area contributed by atoms with Crippen LogP contribution in [0.3, 0.4) is 0 Å². The van der Waals surface area contributed by atoms with Crippen LogP contribution in [-0.4, -0.2) is 95.6 Å². The number of hydrogen-bond acceptors (Lipinski definition) is 13. The van der Waals surface area contributed by atoms with E-state index in [0.29, 0.717) is 9.69 Å². The van der Waals surface area contributed by atoms with Gasteiger partial charge in [-0.15, -0.1) is 0 Å². The van der Waals surface area contributed by atoms with E-state index in [0.717, 1.165) is 18.2 Å². The topological polar surface area (TPSA) is 237 Å². The van der Waals surface area contributed by atoms with Gasteiger partial charge in [-0.2, -0.15) is 5.10 Å². The molecule has 0 saturated carbocycles. The molecule has 204 valence electrons. The van der Waals surface area contributed by atoms with E-state index >= 15 is 0 Å². The zero-order valence-electron chi connectivity index (χ0n) is 21.5. The largest absolute Gasteiger partial charge is 1.00 e. The number of H-pyrrole nitrogens is 1. The molecule has 0 saturated heterocycles. The van der Waals surface area contributed by atoms with Gasteiger partial charge in [0.1, 0.15) is 0 Å². The third kappa shape index (κ3) is 11.1. The fourth-order valence-electron chi connectivity index (χ4n) is 2.92. The second kappa shape index (κ2) is 16.0. The fourth-order valence-corrected chi connectivity index (χ4v) is 3.73. The van der Waals surface area contributed by atoms with Crippen LogP contribution in [0, 0.1) is 0 Å². The minimum absolute atomic E-state index is 0. The molecule has 0 radical (unpaired) electrons. The molecule has 1 aliphatic rings. The first-order valence-electron chi connectivity index (χ1n) is 10.5. The minimum Gasteiger partial charge on any atom is -0.748 e. The van der Waals surface area contributed by atoms with Crippen molar-refractivity contribution in [1.29, 1.82) is 0 Å². The molecule has 0 unspecified atom stereocenters. The van der Waals surface area contributed by atoms with Crippen LogP contribution in [0.2, 0.25) is 0 Å². The monoisotopic (exact) mass is 608 g/mol. The summed E-state index contributed by atoms with van der Waals surface area (Å²) in [5.74, 6) is -4.82. The molecule has 1 aliphatic heterocycles. The van der Waals surface area contributed by atoms with Crippen LogP contribution >= 0.6 is 0 Å². The number of hydrogen-bond donors (Lipinski definition) is 1. The zero-order chi connectivity index (χ0) is 28.0.